The molecule has 5 heteroatoms. The van der Waals surface area contributed by atoms with Gasteiger partial charge >= 0.3 is 5.97 Å². The van der Waals surface area contributed by atoms with Crippen molar-refractivity contribution >= 4 is 17.7 Å². The first-order valence-electron chi connectivity index (χ1n) is 9.85. The first-order valence-corrected chi connectivity index (χ1v) is 10.8. The third-order valence-electron chi connectivity index (χ3n) is 4.64. The minimum absolute atomic E-state index is 0.115. The van der Waals surface area contributed by atoms with E-state index in [9.17, 15) is 9.90 Å². The molecule has 0 aliphatic rings. The highest BCUT2D eigenvalue weighted by Gasteiger charge is 2.26. The Morgan fingerprint density at radius 1 is 1.07 bits per heavy atom. The quantitative estimate of drug-likeness (QED) is 0.390. The van der Waals surface area contributed by atoms with Crippen molar-refractivity contribution in [3.63, 3.8) is 0 Å². The molecule has 1 unspecified atom stereocenters. The summed E-state index contributed by atoms with van der Waals surface area (Å²) in [5.74, 6) is 0.618. The molecule has 4 nitrogen and oxygen atoms in total. The number of carboxylic acids is 1. The molecule has 1 rings (SSSR count). The Balaban J connectivity index is 2.71. The van der Waals surface area contributed by atoms with Gasteiger partial charge in [0.05, 0.1) is 0 Å². The number of carboxylic acid groups (broad SMARTS) is 1. The zero-order valence-electron chi connectivity index (χ0n) is 18.0. The zero-order chi connectivity index (χ0) is 20.8. The van der Waals surface area contributed by atoms with Gasteiger partial charge in [0.15, 0.2) is 0 Å². The lowest BCUT2D eigenvalue weighted by Crippen LogP contribution is -2.36. The molecule has 1 atom stereocenters. The highest BCUT2D eigenvalue weighted by Crippen LogP contribution is 2.41. The van der Waals surface area contributed by atoms with Crippen LogP contribution in [0.5, 0.6) is 5.75 Å². The van der Waals surface area contributed by atoms with Gasteiger partial charge in [0.1, 0.15) is 11.8 Å². The Bertz CT molecular complexity index is 594. The molecule has 0 aliphatic carbocycles. The van der Waals surface area contributed by atoms with Crippen molar-refractivity contribution in [2.45, 2.75) is 89.5 Å². The average molecular weight is 396 g/mol. The van der Waals surface area contributed by atoms with E-state index in [2.05, 4.69) is 59.0 Å². The molecule has 3 N–H and O–H groups in total. The molecule has 27 heavy (non-hydrogen) atoms. The SMILES string of the molecule is CCC(NCCCCSc1cc(C(C)(C)C)c(O)c(C(C)(C)C)c1)C(=O)O. The molecular weight excluding hydrogens is 358 g/mol. The van der Waals surface area contributed by atoms with Gasteiger partial charge in [-0.15, -0.1) is 11.8 Å². The maximum Gasteiger partial charge on any atom is 0.320 e. The van der Waals surface area contributed by atoms with E-state index in [0.29, 0.717) is 12.2 Å². The lowest BCUT2D eigenvalue weighted by atomic mass is 9.79. The fraction of sp³-hybridized carbons (Fsp3) is 0.682. The first-order chi connectivity index (χ1) is 12.4. The molecule has 0 heterocycles. The molecule has 0 bridgehead atoms. The largest absolute Gasteiger partial charge is 0.507 e. The number of thioether (sulfide) groups is 1. The molecule has 0 spiro atoms. The molecule has 0 aliphatic heterocycles. The smallest absolute Gasteiger partial charge is 0.320 e. The van der Waals surface area contributed by atoms with Crippen LogP contribution in [-0.2, 0) is 15.6 Å². The Morgan fingerprint density at radius 3 is 2.00 bits per heavy atom. The molecular formula is C22H37NO3S. The lowest BCUT2D eigenvalue weighted by Gasteiger charge is -2.28. The van der Waals surface area contributed by atoms with Crippen LogP contribution in [-0.4, -0.2) is 34.5 Å². The van der Waals surface area contributed by atoms with E-state index in [0.717, 1.165) is 36.3 Å². The molecule has 0 fully saturated rings. The van der Waals surface area contributed by atoms with Crippen LogP contribution in [0.3, 0.4) is 0 Å². The van der Waals surface area contributed by atoms with Gasteiger partial charge in [0.25, 0.3) is 0 Å². The van der Waals surface area contributed by atoms with Crippen molar-refractivity contribution in [3.8, 4) is 5.75 Å². The van der Waals surface area contributed by atoms with Crippen molar-refractivity contribution < 1.29 is 15.0 Å². The second-order valence-electron chi connectivity index (χ2n) is 9.18. The van der Waals surface area contributed by atoms with Crippen LogP contribution in [0.1, 0.15) is 78.9 Å². The molecule has 0 aromatic heterocycles. The fourth-order valence-corrected chi connectivity index (χ4v) is 3.92. The van der Waals surface area contributed by atoms with E-state index in [1.165, 1.54) is 4.90 Å². The van der Waals surface area contributed by atoms with Crippen molar-refractivity contribution in [2.24, 2.45) is 0 Å². The van der Waals surface area contributed by atoms with E-state index in [1.54, 1.807) is 11.8 Å². The molecule has 0 saturated heterocycles. The monoisotopic (exact) mass is 395 g/mol. The number of aliphatic carboxylic acids is 1. The topological polar surface area (TPSA) is 69.6 Å². The van der Waals surface area contributed by atoms with Crippen LogP contribution < -0.4 is 5.32 Å². The van der Waals surface area contributed by atoms with E-state index in [-0.39, 0.29) is 10.8 Å². The van der Waals surface area contributed by atoms with Gasteiger partial charge in [-0.05, 0) is 54.5 Å². The van der Waals surface area contributed by atoms with E-state index < -0.39 is 12.0 Å². The van der Waals surface area contributed by atoms with Crippen LogP contribution in [0.25, 0.3) is 0 Å². The lowest BCUT2D eigenvalue weighted by molar-refractivity contribution is -0.139. The van der Waals surface area contributed by atoms with Crippen molar-refractivity contribution in [2.75, 3.05) is 12.3 Å². The molecule has 1 aromatic rings. The Morgan fingerprint density at radius 2 is 1.59 bits per heavy atom. The van der Waals surface area contributed by atoms with Gasteiger partial charge in [-0.25, -0.2) is 0 Å². The Labute approximate surface area is 169 Å². The molecule has 0 amide bonds. The predicted molar refractivity (Wildman–Crippen MR) is 115 cm³/mol. The number of rotatable bonds is 9. The van der Waals surface area contributed by atoms with Crippen molar-refractivity contribution in [1.82, 2.24) is 5.32 Å². The minimum atomic E-state index is -0.777. The van der Waals surface area contributed by atoms with E-state index in [1.807, 2.05) is 6.92 Å². The van der Waals surface area contributed by atoms with Crippen LogP contribution in [0.2, 0.25) is 0 Å². The van der Waals surface area contributed by atoms with Crippen LogP contribution in [0, 0.1) is 0 Å². The van der Waals surface area contributed by atoms with E-state index >= 15 is 0 Å². The Hall–Kier alpha value is -1.20. The zero-order valence-corrected chi connectivity index (χ0v) is 18.8. The van der Waals surface area contributed by atoms with Crippen LogP contribution in [0.4, 0.5) is 0 Å². The van der Waals surface area contributed by atoms with Gasteiger partial charge in [-0.1, -0.05) is 48.5 Å². The third-order valence-corrected chi connectivity index (χ3v) is 5.70. The number of nitrogens with one attached hydrogen (secondary N) is 1. The van der Waals surface area contributed by atoms with Gasteiger partial charge in [0.2, 0.25) is 0 Å². The standard InChI is InChI=1S/C22H37NO3S/c1-8-18(20(25)26)23-11-9-10-12-27-15-13-16(21(2,3)4)19(24)17(14-15)22(5,6)7/h13-14,18,23-24H,8-12H2,1-7H3,(H,25,26). The maximum atomic E-state index is 11.0. The van der Waals surface area contributed by atoms with Crippen LogP contribution >= 0.6 is 11.8 Å². The summed E-state index contributed by atoms with van der Waals surface area (Å²) >= 11 is 1.81. The number of aromatic hydroxyl groups is 1. The summed E-state index contributed by atoms with van der Waals surface area (Å²) in [4.78, 5) is 12.2. The summed E-state index contributed by atoms with van der Waals surface area (Å²) in [5.41, 5.74) is 1.75. The number of carbonyl (C=O) groups is 1. The molecule has 0 radical (unpaired) electrons. The molecule has 0 saturated carbocycles. The average Bonchev–Trinajstić information content (AvgIpc) is 2.52. The highest BCUT2D eigenvalue weighted by molar-refractivity contribution is 7.99. The first kappa shape index (κ1) is 23.8. The normalized spacial score (nSPS) is 13.6. The number of phenolic OH excluding ortho intramolecular Hbond substituents is 1. The second-order valence-corrected chi connectivity index (χ2v) is 10.3. The summed E-state index contributed by atoms with van der Waals surface area (Å²) in [5, 5.41) is 22.9. The van der Waals surface area contributed by atoms with Gasteiger partial charge in [-0.3, -0.25) is 4.79 Å². The predicted octanol–water partition coefficient (Wildman–Crippen LogP) is 5.31. The summed E-state index contributed by atoms with van der Waals surface area (Å²) in [6, 6.07) is 3.79. The second kappa shape index (κ2) is 9.83. The van der Waals surface area contributed by atoms with Crippen LogP contribution in [0.15, 0.2) is 17.0 Å². The summed E-state index contributed by atoms with van der Waals surface area (Å²) in [6.07, 6.45) is 2.57. The highest BCUT2D eigenvalue weighted by atomic mass is 32.2. The number of phenols is 1. The summed E-state index contributed by atoms with van der Waals surface area (Å²) < 4.78 is 0. The Kier molecular flexibility index (Phi) is 8.68. The minimum Gasteiger partial charge on any atom is -0.507 e. The number of benzene rings is 1. The van der Waals surface area contributed by atoms with Gasteiger partial charge in [-0.2, -0.15) is 0 Å². The molecule has 154 valence electrons. The molecule has 1 aromatic carbocycles. The van der Waals surface area contributed by atoms with Crippen molar-refractivity contribution in [1.29, 1.82) is 0 Å². The number of unbranched alkanes of at least 4 members (excludes halogenated alkanes) is 1. The summed E-state index contributed by atoms with van der Waals surface area (Å²) in [6.45, 7) is 15.4. The number of hydrogen-bond donors (Lipinski definition) is 3. The van der Waals surface area contributed by atoms with E-state index in [4.69, 9.17) is 5.11 Å². The number of hydrogen-bond acceptors (Lipinski definition) is 4. The summed E-state index contributed by atoms with van der Waals surface area (Å²) in [7, 11) is 0. The van der Waals surface area contributed by atoms with Gasteiger partial charge in [0, 0.05) is 16.0 Å². The fourth-order valence-electron chi connectivity index (χ4n) is 2.93. The van der Waals surface area contributed by atoms with Crippen molar-refractivity contribution in [3.05, 3.63) is 23.3 Å². The van der Waals surface area contributed by atoms with Gasteiger partial charge < -0.3 is 15.5 Å². The third kappa shape index (κ3) is 7.38. The maximum absolute atomic E-state index is 11.0.